The molecular formula is C28H34ClN5O4. The number of halogens is 1. The van der Waals surface area contributed by atoms with Crippen LogP contribution in [0.5, 0.6) is 11.5 Å². The normalized spacial score (nSPS) is 19.6. The Balaban J connectivity index is 1.65. The molecule has 0 radical (unpaired) electrons. The number of carbonyl (C=O) groups is 1. The summed E-state index contributed by atoms with van der Waals surface area (Å²) in [7, 11) is 5.28. The van der Waals surface area contributed by atoms with Crippen LogP contribution in [-0.2, 0) is 9.53 Å². The molecule has 1 saturated heterocycles. The van der Waals surface area contributed by atoms with Crippen molar-refractivity contribution in [1.29, 1.82) is 0 Å². The molecule has 3 heterocycles. The highest BCUT2D eigenvalue weighted by atomic mass is 35.5. The summed E-state index contributed by atoms with van der Waals surface area (Å²) < 4.78 is 20.3. The van der Waals surface area contributed by atoms with Gasteiger partial charge in [-0.3, -0.25) is 9.36 Å². The molecule has 1 fully saturated rings. The smallest absolute Gasteiger partial charge is 0.225 e. The number of para-hydroxylation sites is 1. The Labute approximate surface area is 228 Å². The van der Waals surface area contributed by atoms with E-state index in [-0.39, 0.29) is 18.2 Å². The van der Waals surface area contributed by atoms with Gasteiger partial charge in [0.05, 0.1) is 26.3 Å². The first-order valence-electron chi connectivity index (χ1n) is 12.9. The highest BCUT2D eigenvalue weighted by Crippen LogP contribution is 2.46. The zero-order valence-electron chi connectivity index (χ0n) is 22.5. The maximum absolute atomic E-state index is 13.5. The van der Waals surface area contributed by atoms with Crippen LogP contribution in [0.1, 0.15) is 61.2 Å². The van der Waals surface area contributed by atoms with Crippen molar-refractivity contribution in [3.8, 4) is 17.2 Å². The third kappa shape index (κ3) is 4.86. The third-order valence-corrected chi connectivity index (χ3v) is 7.50. The number of piperazine rings is 1. The molecule has 0 saturated carbocycles. The van der Waals surface area contributed by atoms with Gasteiger partial charge in [-0.15, -0.1) is 10.2 Å². The molecule has 0 spiro atoms. The summed E-state index contributed by atoms with van der Waals surface area (Å²) >= 11 is 6.54. The van der Waals surface area contributed by atoms with E-state index in [1.165, 1.54) is 0 Å². The number of carbonyl (C=O) groups excluding carboxylic acids is 1. The van der Waals surface area contributed by atoms with Gasteiger partial charge in [0.25, 0.3) is 0 Å². The number of amides is 1. The van der Waals surface area contributed by atoms with Gasteiger partial charge in [0.2, 0.25) is 5.91 Å². The lowest BCUT2D eigenvalue weighted by Gasteiger charge is -2.33. The Bertz CT molecular complexity index is 1320. The molecule has 2 aliphatic rings. The summed E-state index contributed by atoms with van der Waals surface area (Å²) in [5.74, 6) is 2.68. The number of hydrogen-bond donors (Lipinski definition) is 0. The Morgan fingerprint density at radius 2 is 1.84 bits per heavy atom. The molecule has 9 nitrogen and oxygen atoms in total. The van der Waals surface area contributed by atoms with Crippen LogP contribution in [0.3, 0.4) is 0 Å². The number of nitrogens with zero attached hydrogens (tertiary/aromatic N) is 5. The SMILES string of the molecule is COc1cccc(C2OC(CC(=O)N3CCN(C)CC3)c3nnc(C(C)C)n3-c3ccc(Cl)cc32)c1OC. The number of methoxy groups -OCH3 is 2. The lowest BCUT2D eigenvalue weighted by molar-refractivity contribution is -0.137. The minimum absolute atomic E-state index is 0.0316. The van der Waals surface area contributed by atoms with Crippen LogP contribution in [0.15, 0.2) is 36.4 Å². The number of benzene rings is 2. The molecule has 0 bridgehead atoms. The van der Waals surface area contributed by atoms with Crippen molar-refractivity contribution in [2.24, 2.45) is 0 Å². The monoisotopic (exact) mass is 539 g/mol. The lowest BCUT2D eigenvalue weighted by atomic mass is 9.98. The zero-order valence-corrected chi connectivity index (χ0v) is 23.2. The summed E-state index contributed by atoms with van der Waals surface area (Å²) in [5.41, 5.74) is 2.47. The van der Waals surface area contributed by atoms with Gasteiger partial charge < -0.3 is 24.0 Å². The number of hydrogen-bond acceptors (Lipinski definition) is 7. The van der Waals surface area contributed by atoms with Gasteiger partial charge in [0.1, 0.15) is 18.0 Å². The van der Waals surface area contributed by atoms with Crippen LogP contribution in [-0.4, -0.2) is 77.9 Å². The number of fused-ring (bicyclic) bond motifs is 3. The second-order valence-electron chi connectivity index (χ2n) is 10.1. The van der Waals surface area contributed by atoms with Crippen LogP contribution in [0, 0.1) is 0 Å². The molecule has 2 atom stereocenters. The average molecular weight is 540 g/mol. The van der Waals surface area contributed by atoms with E-state index in [1.807, 2.05) is 45.9 Å². The molecule has 1 amide bonds. The summed E-state index contributed by atoms with van der Waals surface area (Å²) in [6.45, 7) is 7.22. The average Bonchev–Trinajstić information content (AvgIpc) is 3.31. The van der Waals surface area contributed by atoms with Gasteiger partial charge in [0, 0.05) is 48.2 Å². The maximum Gasteiger partial charge on any atom is 0.225 e. The van der Waals surface area contributed by atoms with Gasteiger partial charge in [-0.2, -0.15) is 0 Å². The fourth-order valence-corrected chi connectivity index (χ4v) is 5.40. The Morgan fingerprint density at radius 1 is 1.08 bits per heavy atom. The molecule has 10 heteroatoms. The number of rotatable bonds is 6. The molecular weight excluding hydrogens is 506 g/mol. The van der Waals surface area contributed by atoms with E-state index in [0.717, 1.165) is 35.7 Å². The van der Waals surface area contributed by atoms with Crippen molar-refractivity contribution in [3.05, 3.63) is 64.2 Å². The zero-order chi connectivity index (χ0) is 27.0. The van der Waals surface area contributed by atoms with Crippen LogP contribution >= 0.6 is 11.6 Å². The van der Waals surface area contributed by atoms with E-state index in [9.17, 15) is 4.79 Å². The van der Waals surface area contributed by atoms with E-state index < -0.39 is 12.2 Å². The van der Waals surface area contributed by atoms with Gasteiger partial charge in [-0.05, 0) is 31.3 Å². The standard InChI is InChI=1S/C28H34ClN5O4/c1-17(2)27-30-31-28-23(16-24(35)33-13-11-32(3)12-14-33)38-25(19-7-6-8-22(36-4)26(19)37-5)20-15-18(29)9-10-21(20)34(27)28/h6-10,15,17,23,25H,11-14,16H2,1-5H3. The largest absolute Gasteiger partial charge is 0.493 e. The fourth-order valence-electron chi connectivity index (χ4n) is 5.22. The molecule has 2 aliphatic heterocycles. The maximum atomic E-state index is 13.5. The minimum atomic E-state index is -0.644. The molecule has 5 rings (SSSR count). The minimum Gasteiger partial charge on any atom is -0.493 e. The molecule has 38 heavy (non-hydrogen) atoms. The first kappa shape index (κ1) is 26.5. The number of aromatic nitrogens is 3. The molecule has 1 aromatic heterocycles. The molecule has 202 valence electrons. The second kappa shape index (κ2) is 10.9. The first-order valence-corrected chi connectivity index (χ1v) is 13.3. The molecule has 0 N–H and O–H groups in total. The highest BCUT2D eigenvalue weighted by molar-refractivity contribution is 6.30. The van der Waals surface area contributed by atoms with Crippen LogP contribution in [0.2, 0.25) is 5.02 Å². The third-order valence-electron chi connectivity index (χ3n) is 7.26. The predicted molar refractivity (Wildman–Crippen MR) is 144 cm³/mol. The Hall–Kier alpha value is -3.14. The lowest BCUT2D eigenvalue weighted by Crippen LogP contribution is -2.47. The van der Waals surface area contributed by atoms with E-state index in [0.29, 0.717) is 35.4 Å². The number of likely N-dealkylation sites (N-methyl/N-ethyl adjacent to an activating group) is 1. The summed E-state index contributed by atoms with van der Waals surface area (Å²) in [6.07, 6.45) is -1.10. The van der Waals surface area contributed by atoms with Crippen LogP contribution in [0.25, 0.3) is 5.69 Å². The topological polar surface area (TPSA) is 82.0 Å². The summed E-state index contributed by atoms with van der Waals surface area (Å²) in [6, 6.07) is 11.4. The summed E-state index contributed by atoms with van der Waals surface area (Å²) in [4.78, 5) is 17.7. The molecule has 2 aromatic carbocycles. The van der Waals surface area contributed by atoms with E-state index in [4.69, 9.17) is 25.8 Å². The Morgan fingerprint density at radius 3 is 2.53 bits per heavy atom. The van der Waals surface area contributed by atoms with Crippen molar-refractivity contribution in [3.63, 3.8) is 0 Å². The molecule has 0 aliphatic carbocycles. The van der Waals surface area contributed by atoms with Gasteiger partial charge in [-0.1, -0.05) is 37.6 Å². The van der Waals surface area contributed by atoms with Crippen molar-refractivity contribution in [2.45, 2.75) is 38.4 Å². The van der Waals surface area contributed by atoms with Crippen molar-refractivity contribution in [1.82, 2.24) is 24.6 Å². The van der Waals surface area contributed by atoms with Gasteiger partial charge >= 0.3 is 0 Å². The number of ether oxygens (including phenoxy) is 3. The molecule has 3 aromatic rings. The first-order chi connectivity index (χ1) is 18.3. The van der Waals surface area contributed by atoms with E-state index in [2.05, 4.69) is 36.0 Å². The van der Waals surface area contributed by atoms with Crippen molar-refractivity contribution < 1.29 is 19.0 Å². The van der Waals surface area contributed by atoms with Crippen molar-refractivity contribution >= 4 is 17.5 Å². The van der Waals surface area contributed by atoms with Crippen LogP contribution < -0.4 is 9.47 Å². The highest BCUT2D eigenvalue weighted by Gasteiger charge is 2.37. The van der Waals surface area contributed by atoms with Crippen LogP contribution in [0.4, 0.5) is 0 Å². The van der Waals surface area contributed by atoms with Crippen molar-refractivity contribution in [2.75, 3.05) is 47.4 Å². The fraction of sp³-hybridized carbons (Fsp3) is 0.464. The van der Waals surface area contributed by atoms with Gasteiger partial charge in [0.15, 0.2) is 17.3 Å². The molecule has 2 unspecified atom stereocenters. The predicted octanol–water partition coefficient (Wildman–Crippen LogP) is 4.39. The van der Waals surface area contributed by atoms with E-state index >= 15 is 0 Å². The van der Waals surface area contributed by atoms with Gasteiger partial charge in [-0.25, -0.2) is 0 Å². The quantitative estimate of drug-likeness (QED) is 0.459. The Kier molecular flexibility index (Phi) is 7.61. The summed E-state index contributed by atoms with van der Waals surface area (Å²) in [5, 5.41) is 9.67. The van der Waals surface area contributed by atoms with E-state index in [1.54, 1.807) is 14.2 Å². The second-order valence-corrected chi connectivity index (χ2v) is 10.5.